The van der Waals surface area contributed by atoms with Crippen molar-refractivity contribution in [3.8, 4) is 0 Å². The van der Waals surface area contributed by atoms with Crippen molar-refractivity contribution < 1.29 is 4.39 Å². The van der Waals surface area contributed by atoms with Crippen LogP contribution < -0.4 is 10.6 Å². The van der Waals surface area contributed by atoms with Gasteiger partial charge in [-0.25, -0.2) is 4.39 Å². The third-order valence-corrected chi connectivity index (χ3v) is 1.82. The molecule has 0 saturated carbocycles. The molecule has 0 aliphatic heterocycles. The number of hydrogen-bond donors (Lipinski definition) is 2. The standard InChI is InChI=1S/C10H15FN2/c1-8-3-4-10(9(11)7-8)13-6-5-12-2/h3-4,7,12-13H,5-6H2,1-2H3. The highest BCUT2D eigenvalue weighted by molar-refractivity contribution is 5.46. The molecule has 0 saturated heterocycles. The van der Waals surface area contributed by atoms with Gasteiger partial charge in [-0.2, -0.15) is 0 Å². The van der Waals surface area contributed by atoms with Gasteiger partial charge in [-0.1, -0.05) is 6.07 Å². The SMILES string of the molecule is CNCCNc1ccc(C)cc1F. The van der Waals surface area contributed by atoms with Crippen molar-refractivity contribution in [2.75, 3.05) is 25.5 Å². The lowest BCUT2D eigenvalue weighted by atomic mass is 10.2. The van der Waals surface area contributed by atoms with Gasteiger partial charge >= 0.3 is 0 Å². The monoisotopic (exact) mass is 182 g/mol. The van der Waals surface area contributed by atoms with Crippen LogP contribution in [0, 0.1) is 12.7 Å². The van der Waals surface area contributed by atoms with Crippen LogP contribution >= 0.6 is 0 Å². The van der Waals surface area contributed by atoms with Gasteiger partial charge in [-0.05, 0) is 31.7 Å². The fourth-order valence-electron chi connectivity index (χ4n) is 1.09. The Morgan fingerprint density at radius 2 is 2.08 bits per heavy atom. The quantitative estimate of drug-likeness (QED) is 0.693. The molecule has 0 radical (unpaired) electrons. The Morgan fingerprint density at radius 3 is 2.69 bits per heavy atom. The average molecular weight is 182 g/mol. The van der Waals surface area contributed by atoms with Crippen LogP contribution in [0.25, 0.3) is 0 Å². The summed E-state index contributed by atoms with van der Waals surface area (Å²) in [6, 6.07) is 5.19. The highest BCUT2D eigenvalue weighted by Gasteiger charge is 1.99. The molecule has 0 aliphatic rings. The first-order chi connectivity index (χ1) is 6.24. The normalized spacial score (nSPS) is 10.1. The van der Waals surface area contributed by atoms with Crippen LogP contribution in [-0.2, 0) is 0 Å². The fourth-order valence-corrected chi connectivity index (χ4v) is 1.09. The maximum Gasteiger partial charge on any atom is 0.146 e. The van der Waals surface area contributed by atoms with E-state index in [0.717, 1.165) is 18.7 Å². The molecule has 72 valence electrons. The Bertz CT molecular complexity index is 274. The Kier molecular flexibility index (Phi) is 3.71. The highest BCUT2D eigenvalue weighted by atomic mass is 19.1. The summed E-state index contributed by atoms with van der Waals surface area (Å²) in [5, 5.41) is 5.99. The molecule has 0 amide bonds. The number of rotatable bonds is 4. The summed E-state index contributed by atoms with van der Waals surface area (Å²) in [5.74, 6) is -0.184. The van der Waals surface area contributed by atoms with Crippen LogP contribution in [0.15, 0.2) is 18.2 Å². The van der Waals surface area contributed by atoms with Gasteiger partial charge in [0.15, 0.2) is 0 Å². The van der Waals surface area contributed by atoms with Crippen molar-refractivity contribution in [3.05, 3.63) is 29.6 Å². The molecule has 0 bridgehead atoms. The molecule has 0 fully saturated rings. The van der Waals surface area contributed by atoms with Gasteiger partial charge in [0.2, 0.25) is 0 Å². The predicted octanol–water partition coefficient (Wildman–Crippen LogP) is 1.77. The number of aryl methyl sites for hydroxylation is 1. The number of nitrogens with one attached hydrogen (secondary N) is 2. The van der Waals surface area contributed by atoms with Crippen molar-refractivity contribution >= 4 is 5.69 Å². The third kappa shape index (κ3) is 3.03. The Hall–Kier alpha value is -1.09. The third-order valence-electron chi connectivity index (χ3n) is 1.82. The van der Waals surface area contributed by atoms with Gasteiger partial charge in [0.1, 0.15) is 5.82 Å². The van der Waals surface area contributed by atoms with Gasteiger partial charge < -0.3 is 10.6 Å². The summed E-state index contributed by atoms with van der Waals surface area (Å²) >= 11 is 0. The largest absolute Gasteiger partial charge is 0.381 e. The van der Waals surface area contributed by atoms with E-state index in [9.17, 15) is 4.39 Å². The van der Waals surface area contributed by atoms with E-state index in [4.69, 9.17) is 0 Å². The molecule has 0 spiro atoms. The van der Waals surface area contributed by atoms with Gasteiger partial charge in [-0.15, -0.1) is 0 Å². The lowest BCUT2D eigenvalue weighted by Crippen LogP contribution is -2.18. The second-order valence-corrected chi connectivity index (χ2v) is 3.01. The molecule has 2 nitrogen and oxygen atoms in total. The van der Waals surface area contributed by atoms with E-state index in [0.29, 0.717) is 5.69 Å². The molecule has 0 aliphatic carbocycles. The molecule has 3 heteroatoms. The first-order valence-corrected chi connectivity index (χ1v) is 4.38. The van der Waals surface area contributed by atoms with Crippen LogP contribution in [0.1, 0.15) is 5.56 Å². The van der Waals surface area contributed by atoms with Gasteiger partial charge in [0.25, 0.3) is 0 Å². The maximum absolute atomic E-state index is 13.2. The van der Waals surface area contributed by atoms with Crippen molar-refractivity contribution in [1.82, 2.24) is 5.32 Å². The summed E-state index contributed by atoms with van der Waals surface area (Å²) in [6.45, 7) is 3.43. The van der Waals surface area contributed by atoms with Gasteiger partial charge in [-0.3, -0.25) is 0 Å². The molecular weight excluding hydrogens is 167 g/mol. The van der Waals surface area contributed by atoms with Crippen molar-refractivity contribution in [1.29, 1.82) is 0 Å². The molecule has 0 atom stereocenters. The summed E-state index contributed by atoms with van der Waals surface area (Å²) in [4.78, 5) is 0. The van der Waals surface area contributed by atoms with E-state index < -0.39 is 0 Å². The number of likely N-dealkylation sites (N-methyl/N-ethyl adjacent to an activating group) is 1. The number of halogens is 1. The summed E-state index contributed by atoms with van der Waals surface area (Å²) < 4.78 is 13.2. The minimum atomic E-state index is -0.184. The molecule has 1 aromatic rings. The second kappa shape index (κ2) is 4.82. The minimum absolute atomic E-state index is 0.184. The molecule has 0 heterocycles. The van der Waals surface area contributed by atoms with Crippen molar-refractivity contribution in [2.45, 2.75) is 6.92 Å². The van der Waals surface area contributed by atoms with Crippen LogP contribution in [0.4, 0.5) is 10.1 Å². The van der Waals surface area contributed by atoms with E-state index >= 15 is 0 Å². The van der Waals surface area contributed by atoms with E-state index in [1.165, 1.54) is 6.07 Å². The summed E-state index contributed by atoms with van der Waals surface area (Å²) in [6.07, 6.45) is 0. The van der Waals surface area contributed by atoms with E-state index in [1.54, 1.807) is 6.07 Å². The number of anilines is 1. The van der Waals surface area contributed by atoms with Crippen LogP contribution in [0.5, 0.6) is 0 Å². The fraction of sp³-hybridized carbons (Fsp3) is 0.400. The zero-order valence-electron chi connectivity index (χ0n) is 8.02. The van der Waals surface area contributed by atoms with Crippen molar-refractivity contribution in [2.24, 2.45) is 0 Å². The Labute approximate surface area is 78.2 Å². The van der Waals surface area contributed by atoms with Crippen molar-refractivity contribution in [3.63, 3.8) is 0 Å². The lowest BCUT2D eigenvalue weighted by molar-refractivity contribution is 0.628. The summed E-state index contributed by atoms with van der Waals surface area (Å²) in [7, 11) is 1.87. The molecule has 1 aromatic carbocycles. The molecule has 0 aromatic heterocycles. The Balaban J connectivity index is 2.56. The van der Waals surface area contributed by atoms with Crippen LogP contribution in [0.3, 0.4) is 0 Å². The number of hydrogen-bond acceptors (Lipinski definition) is 2. The zero-order valence-corrected chi connectivity index (χ0v) is 8.02. The molecule has 13 heavy (non-hydrogen) atoms. The first-order valence-electron chi connectivity index (χ1n) is 4.38. The van der Waals surface area contributed by atoms with Gasteiger partial charge in [0, 0.05) is 13.1 Å². The first kappa shape index (κ1) is 9.99. The van der Waals surface area contributed by atoms with E-state index in [1.807, 2.05) is 20.0 Å². The summed E-state index contributed by atoms with van der Waals surface area (Å²) in [5.41, 5.74) is 1.51. The van der Waals surface area contributed by atoms with Crippen LogP contribution in [-0.4, -0.2) is 20.1 Å². The molecule has 0 unspecified atom stereocenters. The second-order valence-electron chi connectivity index (χ2n) is 3.01. The maximum atomic E-state index is 13.2. The number of benzene rings is 1. The van der Waals surface area contributed by atoms with E-state index in [2.05, 4.69) is 10.6 Å². The molecule has 2 N–H and O–H groups in total. The lowest BCUT2D eigenvalue weighted by Gasteiger charge is -2.07. The predicted molar refractivity (Wildman–Crippen MR) is 53.6 cm³/mol. The molecular formula is C10H15FN2. The topological polar surface area (TPSA) is 24.1 Å². The molecule has 1 rings (SSSR count). The Morgan fingerprint density at radius 1 is 1.31 bits per heavy atom. The minimum Gasteiger partial charge on any atom is -0.381 e. The van der Waals surface area contributed by atoms with E-state index in [-0.39, 0.29) is 5.82 Å². The zero-order chi connectivity index (χ0) is 9.68. The average Bonchev–Trinajstić information content (AvgIpc) is 2.09. The highest BCUT2D eigenvalue weighted by Crippen LogP contribution is 2.14. The van der Waals surface area contributed by atoms with Crippen LogP contribution in [0.2, 0.25) is 0 Å². The van der Waals surface area contributed by atoms with Gasteiger partial charge in [0.05, 0.1) is 5.69 Å². The smallest absolute Gasteiger partial charge is 0.146 e.